The predicted octanol–water partition coefficient (Wildman–Crippen LogP) is 3.41. The van der Waals surface area contributed by atoms with E-state index in [-0.39, 0.29) is 11.6 Å². The van der Waals surface area contributed by atoms with Gasteiger partial charge in [-0.3, -0.25) is 0 Å². The first-order valence-corrected chi connectivity index (χ1v) is 10.5. The largest absolute Gasteiger partial charge is 0.383 e. The summed E-state index contributed by atoms with van der Waals surface area (Å²) in [5.41, 5.74) is 5.62. The average Bonchev–Trinajstić information content (AvgIpc) is 2.60. The molecule has 5 nitrogen and oxygen atoms in total. The zero-order chi connectivity index (χ0) is 16.4. The predicted molar refractivity (Wildman–Crippen MR) is 108 cm³/mol. The van der Waals surface area contributed by atoms with Gasteiger partial charge in [0.05, 0.1) is 9.53 Å². The molecule has 0 aromatic rings. The third-order valence-electron chi connectivity index (χ3n) is 4.82. The van der Waals surface area contributed by atoms with Gasteiger partial charge in [0, 0.05) is 16.4 Å². The van der Waals surface area contributed by atoms with Crippen LogP contribution in [0.4, 0.5) is 0 Å². The fourth-order valence-corrected chi connectivity index (χ4v) is 5.68. The maximum absolute atomic E-state index is 8.31. The first kappa shape index (κ1) is 18.6. The van der Waals surface area contributed by atoms with E-state index < -0.39 is 0 Å². The van der Waals surface area contributed by atoms with Gasteiger partial charge in [0.1, 0.15) is 18.6 Å². The molecule has 0 saturated carbocycles. The molecule has 1 spiro atoms. The monoisotopic (exact) mass is 531 g/mol. The lowest BCUT2D eigenvalue weighted by Crippen LogP contribution is -2.52. The number of aliphatic imine (C=N–C) groups is 1. The Labute approximate surface area is 160 Å². The fraction of sp³-hybridized carbons (Fsp3) is 0.733. The number of guanidine groups is 1. The highest BCUT2D eigenvalue weighted by atomic mass is 127. The number of halogens is 2. The molecule has 2 heterocycles. The van der Waals surface area contributed by atoms with Crippen LogP contribution in [-0.4, -0.2) is 43.5 Å². The minimum Gasteiger partial charge on any atom is -0.383 e. The summed E-state index contributed by atoms with van der Waals surface area (Å²) in [5.74, 6) is 1.13. The molecule has 1 unspecified atom stereocenters. The number of hydrogen-bond donors (Lipinski definition) is 2. The van der Waals surface area contributed by atoms with E-state index in [0.717, 1.165) is 17.4 Å². The molecule has 4 atom stereocenters. The number of ether oxygens (including phenoxy) is 1. The Morgan fingerprint density at radius 2 is 2.32 bits per heavy atom. The number of alkyl halides is 2. The van der Waals surface area contributed by atoms with Crippen LogP contribution in [0.3, 0.4) is 0 Å². The second-order valence-electron chi connectivity index (χ2n) is 6.27. The Bertz CT molecular complexity index is 496. The normalized spacial score (nSPS) is 38.9. The Morgan fingerprint density at radius 3 is 2.91 bits per heavy atom. The van der Waals surface area contributed by atoms with Crippen molar-refractivity contribution < 1.29 is 9.22 Å². The Morgan fingerprint density at radius 1 is 1.59 bits per heavy atom. The molecule has 0 amide bonds. The second-order valence-corrected chi connectivity index (χ2v) is 8.64. The highest BCUT2D eigenvalue weighted by Gasteiger charge is 2.49. The van der Waals surface area contributed by atoms with Gasteiger partial charge in [-0.25, -0.2) is 9.89 Å². The summed E-state index contributed by atoms with van der Waals surface area (Å²) in [5, 5.41) is 8.31. The van der Waals surface area contributed by atoms with Crippen molar-refractivity contribution in [2.45, 2.75) is 42.6 Å². The lowest BCUT2D eigenvalue weighted by Gasteiger charge is -2.37. The summed E-state index contributed by atoms with van der Waals surface area (Å²) in [6.45, 7) is 5.82. The molecule has 22 heavy (non-hydrogen) atoms. The van der Waals surface area contributed by atoms with E-state index in [4.69, 9.17) is 15.9 Å². The third kappa shape index (κ3) is 3.51. The van der Waals surface area contributed by atoms with E-state index in [1.54, 1.807) is 6.08 Å². The first-order valence-electron chi connectivity index (χ1n) is 7.72. The molecular weight excluding hydrogens is 506 g/mol. The number of hydrogen-bond acceptors (Lipinski definition) is 3. The number of rotatable bonds is 4. The highest BCUT2D eigenvalue weighted by Crippen LogP contribution is 2.40. The number of nitrogens with one attached hydrogen (secondary N) is 1. The molecule has 124 valence electrons. The molecule has 2 aliphatic rings. The summed E-state index contributed by atoms with van der Waals surface area (Å²) in [6.07, 6.45) is 7.21. The topological polar surface area (TPSA) is 71.5 Å². The van der Waals surface area contributed by atoms with Crippen molar-refractivity contribution in [2.75, 3.05) is 17.7 Å². The van der Waals surface area contributed by atoms with Crippen LogP contribution in [0.15, 0.2) is 17.3 Å². The van der Waals surface area contributed by atoms with E-state index in [9.17, 15) is 0 Å². The minimum absolute atomic E-state index is 0.106. The van der Waals surface area contributed by atoms with Crippen molar-refractivity contribution in [3.63, 3.8) is 0 Å². The van der Waals surface area contributed by atoms with E-state index in [0.29, 0.717) is 26.9 Å². The number of unbranched alkanes of at least 4 members (excludes halogenated alkanes) is 1. The molecule has 0 aliphatic carbocycles. The van der Waals surface area contributed by atoms with Crippen LogP contribution >= 0.6 is 45.2 Å². The van der Waals surface area contributed by atoms with Gasteiger partial charge >= 0.3 is 5.96 Å². The molecule has 0 bridgehead atoms. The quantitative estimate of drug-likeness (QED) is 0.332. The second kappa shape index (κ2) is 7.43. The SMILES string of the molecule is CCCC[C@]1(CI)OC[N+]2(C=CC(N)=NC2=N)C[C@H](I)[C@@H]1C. The zero-order valence-electron chi connectivity index (χ0n) is 13.2. The Balaban J connectivity index is 2.29. The molecule has 1 saturated heterocycles. The van der Waals surface area contributed by atoms with Crippen LogP contribution in [0.2, 0.25) is 0 Å². The Hall–Kier alpha value is 0.260. The van der Waals surface area contributed by atoms with E-state index in [1.807, 2.05) is 6.20 Å². The minimum atomic E-state index is -0.106. The van der Waals surface area contributed by atoms with E-state index in [1.165, 1.54) is 12.8 Å². The van der Waals surface area contributed by atoms with Crippen LogP contribution in [-0.2, 0) is 4.74 Å². The van der Waals surface area contributed by atoms with Gasteiger partial charge < -0.3 is 10.5 Å². The van der Waals surface area contributed by atoms with Gasteiger partial charge in [-0.15, -0.1) is 0 Å². The average molecular weight is 531 g/mol. The summed E-state index contributed by atoms with van der Waals surface area (Å²) < 4.78 is 8.23. The van der Waals surface area contributed by atoms with Crippen molar-refractivity contribution in [3.8, 4) is 0 Å². The maximum Gasteiger partial charge on any atom is 0.330 e. The fourth-order valence-electron chi connectivity index (χ4n) is 3.03. The number of nitrogens with two attached hydrogens (primary N) is 1. The number of quaternary nitrogens is 1. The van der Waals surface area contributed by atoms with Gasteiger partial charge in [0.2, 0.25) is 0 Å². The van der Waals surface area contributed by atoms with Crippen molar-refractivity contribution in [1.82, 2.24) is 0 Å². The third-order valence-corrected chi connectivity index (χ3v) is 7.59. The maximum atomic E-state index is 8.31. The lowest BCUT2D eigenvalue weighted by atomic mass is 9.84. The van der Waals surface area contributed by atoms with E-state index >= 15 is 0 Å². The van der Waals surface area contributed by atoms with Gasteiger partial charge in [-0.2, -0.15) is 4.99 Å². The van der Waals surface area contributed by atoms with Gasteiger partial charge in [0.15, 0.2) is 6.73 Å². The first-order chi connectivity index (χ1) is 10.4. The molecule has 3 N–H and O–H groups in total. The molecule has 0 radical (unpaired) electrons. The molecule has 2 aliphatic heterocycles. The lowest BCUT2D eigenvalue weighted by molar-refractivity contribution is -0.813. The van der Waals surface area contributed by atoms with Crippen LogP contribution in [0.25, 0.3) is 0 Å². The molecular formula is C15H25I2N4O+. The smallest absolute Gasteiger partial charge is 0.330 e. The van der Waals surface area contributed by atoms with Crippen LogP contribution in [0, 0.1) is 11.3 Å². The van der Waals surface area contributed by atoms with Crippen LogP contribution in [0.1, 0.15) is 33.1 Å². The van der Waals surface area contributed by atoms with Crippen LogP contribution < -0.4 is 5.73 Å². The molecule has 1 fully saturated rings. The van der Waals surface area contributed by atoms with Crippen molar-refractivity contribution in [3.05, 3.63) is 12.3 Å². The van der Waals surface area contributed by atoms with Gasteiger partial charge in [-0.05, 0) is 6.42 Å². The standard InChI is InChI=1S/C15H25I2N4O/c1-3-4-6-15(9-16)11(2)12(17)8-21(10-22-15)7-5-13(18)20-14(21)19/h5,7,11-12H,3-4,6,8-10H2,1-2H3,(H3,18,19,20)/q+1/t11-,12-,15+,21?/m0/s1. The number of amidine groups is 1. The highest BCUT2D eigenvalue weighted by molar-refractivity contribution is 14.1. The van der Waals surface area contributed by atoms with Crippen molar-refractivity contribution in [2.24, 2.45) is 16.6 Å². The van der Waals surface area contributed by atoms with Crippen molar-refractivity contribution in [1.29, 1.82) is 5.41 Å². The summed E-state index contributed by atoms with van der Waals surface area (Å²) in [6, 6.07) is 0. The van der Waals surface area contributed by atoms with Gasteiger partial charge in [-0.1, -0.05) is 71.9 Å². The summed E-state index contributed by atoms with van der Waals surface area (Å²) >= 11 is 4.98. The zero-order valence-corrected chi connectivity index (χ0v) is 17.5. The summed E-state index contributed by atoms with van der Waals surface area (Å²) in [4.78, 5) is 4.17. The van der Waals surface area contributed by atoms with E-state index in [2.05, 4.69) is 64.0 Å². The van der Waals surface area contributed by atoms with Gasteiger partial charge in [0.25, 0.3) is 0 Å². The van der Waals surface area contributed by atoms with Crippen molar-refractivity contribution >= 4 is 57.0 Å². The van der Waals surface area contributed by atoms with Crippen LogP contribution in [0.5, 0.6) is 0 Å². The Kier molecular flexibility index (Phi) is 6.28. The molecule has 0 aromatic carbocycles. The summed E-state index contributed by atoms with van der Waals surface area (Å²) in [7, 11) is 0. The molecule has 2 rings (SSSR count). The molecule has 0 aromatic heterocycles. The number of nitrogens with zero attached hydrogens (tertiary/aromatic N) is 2. The molecule has 7 heteroatoms.